The molecule has 30 heavy (non-hydrogen) atoms. The number of amides is 2. The van der Waals surface area contributed by atoms with E-state index >= 15 is 0 Å². The van der Waals surface area contributed by atoms with E-state index in [9.17, 15) is 9.59 Å². The fraction of sp³-hybridized carbons (Fsp3) is 0.364. The number of furan rings is 1. The molecule has 1 aromatic carbocycles. The van der Waals surface area contributed by atoms with Gasteiger partial charge < -0.3 is 4.42 Å². The third kappa shape index (κ3) is 3.35. The average Bonchev–Trinajstić information content (AvgIpc) is 3.50. The van der Waals surface area contributed by atoms with Crippen LogP contribution in [-0.2, 0) is 0 Å². The van der Waals surface area contributed by atoms with Gasteiger partial charge in [-0.3, -0.25) is 19.1 Å². The Labute approximate surface area is 178 Å². The second-order valence-electron chi connectivity index (χ2n) is 7.60. The highest BCUT2D eigenvalue weighted by atomic mass is 32.2. The fourth-order valence-corrected chi connectivity index (χ4v) is 5.22. The Morgan fingerprint density at radius 3 is 2.37 bits per heavy atom. The molecule has 5 rings (SSSR count). The largest absolute Gasteiger partial charge is 0.461 e. The molecule has 2 amide bonds. The monoisotopic (exact) mass is 422 g/mol. The van der Waals surface area contributed by atoms with Crippen molar-refractivity contribution in [2.75, 3.05) is 12.3 Å². The van der Waals surface area contributed by atoms with E-state index in [1.165, 1.54) is 35.9 Å². The molecule has 0 N–H and O–H groups in total. The van der Waals surface area contributed by atoms with Gasteiger partial charge in [-0.25, -0.2) is 0 Å². The first kappa shape index (κ1) is 19.1. The number of hydrogen-bond acceptors (Lipinski definition) is 6. The number of nitrogens with zero attached hydrogens (tertiary/aromatic N) is 4. The summed E-state index contributed by atoms with van der Waals surface area (Å²) in [6.07, 6.45) is 7.48. The van der Waals surface area contributed by atoms with E-state index in [4.69, 9.17) is 4.42 Å². The maximum atomic E-state index is 12.6. The van der Waals surface area contributed by atoms with Crippen LogP contribution in [0.25, 0.3) is 11.6 Å². The molecule has 154 valence electrons. The molecule has 1 aliphatic heterocycles. The molecule has 2 aromatic heterocycles. The molecule has 2 aliphatic rings. The molecule has 7 nitrogen and oxygen atoms in total. The van der Waals surface area contributed by atoms with Crippen LogP contribution in [0.15, 0.2) is 52.2 Å². The molecule has 0 spiro atoms. The molecule has 1 aliphatic carbocycles. The summed E-state index contributed by atoms with van der Waals surface area (Å²) in [7, 11) is 0. The minimum atomic E-state index is -0.221. The number of fused-ring (bicyclic) bond motifs is 1. The number of imide groups is 1. The predicted molar refractivity (Wildman–Crippen MR) is 112 cm³/mol. The number of aromatic nitrogens is 3. The van der Waals surface area contributed by atoms with Crippen molar-refractivity contribution >= 4 is 23.6 Å². The molecule has 1 fully saturated rings. The van der Waals surface area contributed by atoms with E-state index in [1.54, 1.807) is 30.5 Å². The van der Waals surface area contributed by atoms with Crippen molar-refractivity contribution in [3.63, 3.8) is 0 Å². The van der Waals surface area contributed by atoms with Crippen molar-refractivity contribution in [2.24, 2.45) is 0 Å². The van der Waals surface area contributed by atoms with E-state index in [2.05, 4.69) is 14.8 Å². The van der Waals surface area contributed by atoms with Crippen LogP contribution >= 0.6 is 11.8 Å². The Morgan fingerprint density at radius 1 is 0.967 bits per heavy atom. The number of hydrogen-bond donors (Lipinski definition) is 0. The van der Waals surface area contributed by atoms with E-state index in [0.717, 1.165) is 23.8 Å². The normalized spacial score (nSPS) is 17.0. The van der Waals surface area contributed by atoms with Gasteiger partial charge in [0.15, 0.2) is 10.9 Å². The third-order valence-corrected chi connectivity index (χ3v) is 6.69. The molecule has 8 heteroatoms. The van der Waals surface area contributed by atoms with Crippen LogP contribution in [-0.4, -0.2) is 43.8 Å². The fourth-order valence-electron chi connectivity index (χ4n) is 4.29. The number of thioether (sulfide) groups is 1. The summed E-state index contributed by atoms with van der Waals surface area (Å²) in [5.74, 6) is 1.58. The summed E-state index contributed by atoms with van der Waals surface area (Å²) >= 11 is 1.53. The highest BCUT2D eigenvalue weighted by molar-refractivity contribution is 7.99. The molecule has 0 unspecified atom stereocenters. The van der Waals surface area contributed by atoms with E-state index in [-0.39, 0.29) is 11.8 Å². The van der Waals surface area contributed by atoms with Crippen molar-refractivity contribution in [1.82, 2.24) is 19.7 Å². The van der Waals surface area contributed by atoms with Gasteiger partial charge in [0.05, 0.1) is 17.4 Å². The van der Waals surface area contributed by atoms with Gasteiger partial charge in [0.1, 0.15) is 0 Å². The quantitative estimate of drug-likeness (QED) is 0.432. The molecule has 3 aromatic rings. The van der Waals surface area contributed by atoms with E-state index in [1.807, 2.05) is 12.1 Å². The zero-order valence-corrected chi connectivity index (χ0v) is 17.3. The highest BCUT2D eigenvalue weighted by Gasteiger charge is 2.35. The summed E-state index contributed by atoms with van der Waals surface area (Å²) in [5.41, 5.74) is 0.968. The standard InChI is InChI=1S/C22H22N4O3S/c27-20-16-9-4-5-10-17(16)21(28)25(20)12-14-30-22-24-23-19(18-11-6-13-29-18)26(22)15-7-2-1-3-8-15/h4-6,9-11,13,15H,1-3,7-8,12,14H2. The molecule has 0 saturated heterocycles. The Morgan fingerprint density at radius 2 is 1.70 bits per heavy atom. The van der Waals surface area contributed by atoms with Crippen molar-refractivity contribution in [2.45, 2.75) is 43.3 Å². The average molecular weight is 423 g/mol. The maximum Gasteiger partial charge on any atom is 0.261 e. The van der Waals surface area contributed by atoms with Gasteiger partial charge >= 0.3 is 0 Å². The summed E-state index contributed by atoms with van der Waals surface area (Å²) in [5, 5.41) is 9.62. The smallest absolute Gasteiger partial charge is 0.261 e. The topological polar surface area (TPSA) is 81.2 Å². The Balaban J connectivity index is 1.33. The minimum Gasteiger partial charge on any atom is -0.461 e. The highest BCUT2D eigenvalue weighted by Crippen LogP contribution is 2.35. The van der Waals surface area contributed by atoms with E-state index < -0.39 is 0 Å². The minimum absolute atomic E-state index is 0.221. The van der Waals surface area contributed by atoms with Gasteiger partial charge in [0.25, 0.3) is 11.8 Å². The van der Waals surface area contributed by atoms with Crippen LogP contribution in [0.4, 0.5) is 0 Å². The number of rotatable bonds is 6. The number of benzene rings is 1. The van der Waals surface area contributed by atoms with Crippen LogP contribution in [0.2, 0.25) is 0 Å². The van der Waals surface area contributed by atoms with Crippen LogP contribution in [0.3, 0.4) is 0 Å². The number of carbonyl (C=O) groups excluding carboxylic acids is 2. The number of carbonyl (C=O) groups is 2. The summed E-state index contributed by atoms with van der Waals surface area (Å²) in [4.78, 5) is 26.5. The lowest BCUT2D eigenvalue weighted by Crippen LogP contribution is -2.31. The first-order valence-corrected chi connectivity index (χ1v) is 11.3. The van der Waals surface area contributed by atoms with E-state index in [0.29, 0.717) is 35.2 Å². The van der Waals surface area contributed by atoms with Crippen LogP contribution in [0.1, 0.15) is 58.9 Å². The van der Waals surface area contributed by atoms with Crippen molar-refractivity contribution in [1.29, 1.82) is 0 Å². The summed E-state index contributed by atoms with van der Waals surface area (Å²) < 4.78 is 7.77. The summed E-state index contributed by atoms with van der Waals surface area (Å²) in [6, 6.07) is 11.1. The molecule has 0 atom stereocenters. The zero-order chi connectivity index (χ0) is 20.5. The van der Waals surface area contributed by atoms with Crippen LogP contribution in [0, 0.1) is 0 Å². The third-order valence-electron chi connectivity index (χ3n) is 5.77. The lowest BCUT2D eigenvalue weighted by atomic mass is 9.95. The molecule has 3 heterocycles. The lowest BCUT2D eigenvalue weighted by molar-refractivity contribution is 0.0664. The molecule has 0 bridgehead atoms. The first-order valence-electron chi connectivity index (χ1n) is 10.3. The molecular formula is C22H22N4O3S. The first-order chi connectivity index (χ1) is 14.7. The Kier molecular flexibility index (Phi) is 5.16. The van der Waals surface area contributed by atoms with Crippen molar-refractivity contribution in [3.05, 3.63) is 53.8 Å². The predicted octanol–water partition coefficient (Wildman–Crippen LogP) is 4.43. The van der Waals surface area contributed by atoms with Gasteiger partial charge in [-0.15, -0.1) is 10.2 Å². The Hall–Kier alpha value is -2.87. The Bertz CT molecular complexity index is 1040. The van der Waals surface area contributed by atoms with Gasteiger partial charge in [0, 0.05) is 18.3 Å². The lowest BCUT2D eigenvalue weighted by Gasteiger charge is -2.25. The van der Waals surface area contributed by atoms with Crippen molar-refractivity contribution < 1.29 is 14.0 Å². The van der Waals surface area contributed by atoms with Gasteiger partial charge in [-0.2, -0.15) is 0 Å². The summed E-state index contributed by atoms with van der Waals surface area (Å²) in [6.45, 7) is 0.338. The molecule has 1 saturated carbocycles. The maximum absolute atomic E-state index is 12.6. The SMILES string of the molecule is O=C1c2ccccc2C(=O)N1CCSc1nnc(-c2ccco2)n1C1CCCCC1. The van der Waals surface area contributed by atoms with Crippen LogP contribution < -0.4 is 0 Å². The van der Waals surface area contributed by atoms with Crippen molar-refractivity contribution in [3.8, 4) is 11.6 Å². The zero-order valence-electron chi connectivity index (χ0n) is 16.5. The second-order valence-corrected chi connectivity index (χ2v) is 8.66. The molecular weight excluding hydrogens is 400 g/mol. The van der Waals surface area contributed by atoms with Gasteiger partial charge in [0.2, 0.25) is 5.82 Å². The molecule has 0 radical (unpaired) electrons. The second kappa shape index (κ2) is 8.10. The van der Waals surface area contributed by atoms with Gasteiger partial charge in [-0.05, 0) is 37.1 Å². The van der Waals surface area contributed by atoms with Crippen LogP contribution in [0.5, 0.6) is 0 Å². The van der Waals surface area contributed by atoms with Gasteiger partial charge in [-0.1, -0.05) is 43.2 Å².